The highest BCUT2D eigenvalue weighted by Gasteiger charge is 2.25. The molecule has 6 heteroatoms. The molecule has 2 amide bonds. The lowest BCUT2D eigenvalue weighted by Gasteiger charge is -2.28. The summed E-state index contributed by atoms with van der Waals surface area (Å²) in [5.74, 6) is -0.944. The third kappa shape index (κ3) is 5.37. The molecule has 6 nitrogen and oxygen atoms in total. The molecule has 19 heavy (non-hydrogen) atoms. The molecule has 1 rings (SSSR count). The Hall–Kier alpha value is -2.11. The number of amides is 2. The average Bonchev–Trinajstić information content (AvgIpc) is 2.27. The first-order chi connectivity index (χ1) is 8.80. The molecule has 0 aliphatic rings. The molecule has 0 aliphatic heterocycles. The van der Waals surface area contributed by atoms with Crippen LogP contribution < -0.4 is 5.32 Å². The summed E-state index contributed by atoms with van der Waals surface area (Å²) < 4.78 is 0. The number of hydrogen-bond acceptors (Lipinski definition) is 3. The van der Waals surface area contributed by atoms with E-state index in [-0.39, 0.29) is 12.5 Å². The minimum Gasteiger partial charge on any atom is -0.481 e. The number of carbonyl (C=O) groups excluding carboxylic acids is 1. The van der Waals surface area contributed by atoms with Crippen LogP contribution in [0.1, 0.15) is 25.8 Å². The lowest BCUT2D eigenvalue weighted by molar-refractivity contribution is -0.138. The lowest BCUT2D eigenvalue weighted by atomic mass is 10.0. The monoisotopic (exact) mass is 265 g/mol. The number of aliphatic carboxylic acids is 1. The Bertz CT molecular complexity index is 446. The van der Waals surface area contributed by atoms with Gasteiger partial charge < -0.3 is 15.3 Å². The van der Waals surface area contributed by atoms with Gasteiger partial charge in [0.1, 0.15) is 0 Å². The molecule has 0 atom stereocenters. The number of nitrogens with one attached hydrogen (secondary N) is 1. The molecule has 0 aromatic carbocycles. The van der Waals surface area contributed by atoms with Crippen LogP contribution in [-0.4, -0.2) is 39.6 Å². The highest BCUT2D eigenvalue weighted by Crippen LogP contribution is 2.09. The normalized spacial score (nSPS) is 10.9. The molecule has 1 aromatic heterocycles. The van der Waals surface area contributed by atoms with Crippen LogP contribution in [0.3, 0.4) is 0 Å². The van der Waals surface area contributed by atoms with Crippen LogP contribution in [0.25, 0.3) is 0 Å². The largest absolute Gasteiger partial charge is 0.481 e. The Kier molecular flexibility index (Phi) is 4.86. The third-order valence-corrected chi connectivity index (χ3v) is 2.53. The van der Waals surface area contributed by atoms with Gasteiger partial charge in [-0.05, 0) is 25.5 Å². The quantitative estimate of drug-likeness (QED) is 0.844. The number of rotatable bonds is 5. The number of nitrogens with zero attached hydrogens (tertiary/aromatic N) is 2. The van der Waals surface area contributed by atoms with Gasteiger partial charge in [-0.25, -0.2) is 4.79 Å². The fourth-order valence-corrected chi connectivity index (χ4v) is 1.64. The van der Waals surface area contributed by atoms with E-state index in [0.717, 1.165) is 5.56 Å². The molecule has 0 spiro atoms. The first kappa shape index (κ1) is 14.9. The van der Waals surface area contributed by atoms with Gasteiger partial charge in [0.05, 0.1) is 6.42 Å². The zero-order valence-corrected chi connectivity index (χ0v) is 11.4. The molecule has 104 valence electrons. The summed E-state index contributed by atoms with van der Waals surface area (Å²) in [6, 6.07) is 3.37. The predicted octanol–water partition coefficient (Wildman–Crippen LogP) is 1.48. The van der Waals surface area contributed by atoms with Crippen molar-refractivity contribution < 1.29 is 14.7 Å². The molecule has 2 N–H and O–H groups in total. The van der Waals surface area contributed by atoms with Crippen molar-refractivity contribution in [3.05, 3.63) is 30.1 Å². The van der Waals surface area contributed by atoms with Crippen LogP contribution in [0.2, 0.25) is 0 Å². The summed E-state index contributed by atoms with van der Waals surface area (Å²) in [5.41, 5.74) is 0.128. The summed E-state index contributed by atoms with van der Waals surface area (Å²) in [5, 5.41) is 11.5. The predicted molar refractivity (Wildman–Crippen MR) is 70.6 cm³/mol. The van der Waals surface area contributed by atoms with E-state index in [1.165, 1.54) is 4.90 Å². The van der Waals surface area contributed by atoms with Crippen LogP contribution in [0.4, 0.5) is 4.79 Å². The molecule has 0 bridgehead atoms. The van der Waals surface area contributed by atoms with Gasteiger partial charge in [0.25, 0.3) is 0 Å². The van der Waals surface area contributed by atoms with E-state index in [2.05, 4.69) is 10.3 Å². The molecule has 0 radical (unpaired) electrons. The van der Waals surface area contributed by atoms with Crippen LogP contribution in [0.15, 0.2) is 24.5 Å². The molecule has 0 fully saturated rings. The van der Waals surface area contributed by atoms with Crippen molar-refractivity contribution in [1.82, 2.24) is 15.2 Å². The standard InChI is InChI=1S/C13H19N3O3/c1-13(2,7-11(17)18)15-12(19)16(3)9-10-5-4-6-14-8-10/h4-6,8H,7,9H2,1-3H3,(H,15,19)(H,17,18). The molecule has 0 aliphatic carbocycles. The van der Waals surface area contributed by atoms with E-state index in [4.69, 9.17) is 5.11 Å². The van der Waals surface area contributed by atoms with Crippen LogP contribution in [0, 0.1) is 0 Å². The number of carbonyl (C=O) groups is 2. The van der Waals surface area contributed by atoms with Gasteiger partial charge in [-0.2, -0.15) is 0 Å². The van der Waals surface area contributed by atoms with Crippen LogP contribution >= 0.6 is 0 Å². The van der Waals surface area contributed by atoms with E-state index >= 15 is 0 Å². The van der Waals surface area contributed by atoms with Gasteiger partial charge in [0.15, 0.2) is 0 Å². The van der Waals surface area contributed by atoms with Crippen molar-refractivity contribution in [2.75, 3.05) is 7.05 Å². The zero-order valence-electron chi connectivity index (χ0n) is 11.4. The Balaban J connectivity index is 2.56. The Morgan fingerprint density at radius 3 is 2.68 bits per heavy atom. The SMILES string of the molecule is CN(Cc1cccnc1)C(=O)NC(C)(C)CC(=O)O. The second-order valence-corrected chi connectivity index (χ2v) is 5.10. The zero-order chi connectivity index (χ0) is 14.5. The van der Waals surface area contributed by atoms with Crippen molar-refractivity contribution in [1.29, 1.82) is 0 Å². The van der Waals surface area contributed by atoms with Gasteiger partial charge in [0.2, 0.25) is 0 Å². The highest BCUT2D eigenvalue weighted by molar-refractivity contribution is 5.76. The molecule has 1 aromatic rings. The smallest absolute Gasteiger partial charge is 0.317 e. The maximum absolute atomic E-state index is 11.9. The molecule has 0 unspecified atom stereocenters. The summed E-state index contributed by atoms with van der Waals surface area (Å²) >= 11 is 0. The minimum atomic E-state index is -0.944. The maximum atomic E-state index is 11.9. The van der Waals surface area contributed by atoms with Gasteiger partial charge in [-0.3, -0.25) is 9.78 Å². The second kappa shape index (κ2) is 6.17. The van der Waals surface area contributed by atoms with E-state index in [9.17, 15) is 9.59 Å². The Morgan fingerprint density at radius 1 is 1.47 bits per heavy atom. The average molecular weight is 265 g/mol. The van der Waals surface area contributed by atoms with E-state index in [1.807, 2.05) is 6.07 Å². The summed E-state index contributed by atoms with van der Waals surface area (Å²) in [4.78, 5) is 28.1. The van der Waals surface area contributed by atoms with Gasteiger partial charge in [-0.1, -0.05) is 6.07 Å². The lowest BCUT2D eigenvalue weighted by Crippen LogP contribution is -2.49. The van der Waals surface area contributed by atoms with Crippen molar-refractivity contribution in [3.63, 3.8) is 0 Å². The summed E-state index contributed by atoms with van der Waals surface area (Å²) in [7, 11) is 1.65. The van der Waals surface area contributed by atoms with E-state index in [1.54, 1.807) is 39.4 Å². The van der Waals surface area contributed by atoms with Crippen LogP contribution in [0.5, 0.6) is 0 Å². The van der Waals surface area contributed by atoms with Gasteiger partial charge >= 0.3 is 12.0 Å². The molecule has 0 saturated heterocycles. The number of urea groups is 1. The van der Waals surface area contributed by atoms with E-state index in [0.29, 0.717) is 6.54 Å². The minimum absolute atomic E-state index is 0.126. The summed E-state index contributed by atoms with van der Waals surface area (Å²) in [6.45, 7) is 3.77. The van der Waals surface area contributed by atoms with Gasteiger partial charge in [-0.15, -0.1) is 0 Å². The van der Waals surface area contributed by atoms with Crippen molar-refractivity contribution in [2.45, 2.75) is 32.4 Å². The highest BCUT2D eigenvalue weighted by atomic mass is 16.4. The third-order valence-electron chi connectivity index (χ3n) is 2.53. The summed E-state index contributed by atoms with van der Waals surface area (Å²) in [6.07, 6.45) is 3.23. The number of pyridine rings is 1. The Morgan fingerprint density at radius 2 is 2.16 bits per heavy atom. The first-order valence-corrected chi connectivity index (χ1v) is 5.94. The number of aromatic nitrogens is 1. The van der Waals surface area contributed by atoms with E-state index < -0.39 is 11.5 Å². The number of carboxylic acids is 1. The Labute approximate surface area is 112 Å². The molecular weight excluding hydrogens is 246 g/mol. The van der Waals surface area contributed by atoms with Crippen molar-refractivity contribution >= 4 is 12.0 Å². The van der Waals surface area contributed by atoms with Crippen molar-refractivity contribution in [2.24, 2.45) is 0 Å². The van der Waals surface area contributed by atoms with Crippen molar-refractivity contribution in [3.8, 4) is 0 Å². The number of carboxylic acid groups (broad SMARTS) is 1. The topological polar surface area (TPSA) is 82.5 Å². The molecular formula is C13H19N3O3. The number of hydrogen-bond donors (Lipinski definition) is 2. The maximum Gasteiger partial charge on any atom is 0.317 e. The fraction of sp³-hybridized carbons (Fsp3) is 0.462. The fourth-order valence-electron chi connectivity index (χ4n) is 1.64. The van der Waals surface area contributed by atoms with Gasteiger partial charge in [0, 0.05) is 31.5 Å². The first-order valence-electron chi connectivity index (χ1n) is 5.94. The second-order valence-electron chi connectivity index (χ2n) is 5.10. The molecule has 1 heterocycles. The van der Waals surface area contributed by atoms with Crippen LogP contribution in [-0.2, 0) is 11.3 Å². The molecule has 0 saturated carbocycles.